The number of tetrazole rings is 1. The Kier molecular flexibility index (Phi) is 5.42. The predicted octanol–water partition coefficient (Wildman–Crippen LogP) is 1.53. The maximum Gasteiger partial charge on any atom is 0.260 e. The van der Waals surface area contributed by atoms with Gasteiger partial charge in [0, 0.05) is 31.1 Å². The number of rotatable bonds is 6. The van der Waals surface area contributed by atoms with Crippen LogP contribution in [0.2, 0.25) is 5.02 Å². The third kappa shape index (κ3) is 3.73. The minimum absolute atomic E-state index is 0.0585. The van der Waals surface area contributed by atoms with Crippen molar-refractivity contribution in [3.63, 3.8) is 0 Å². The van der Waals surface area contributed by atoms with Gasteiger partial charge in [0.05, 0.1) is 16.5 Å². The Hall–Kier alpha value is -4.32. The number of carbonyl (C=O) groups excluding carboxylic acids is 1. The van der Waals surface area contributed by atoms with Gasteiger partial charge in [0.1, 0.15) is 5.56 Å². The number of aromatic nitrogens is 8. The van der Waals surface area contributed by atoms with Crippen LogP contribution < -0.4 is 16.6 Å². The Morgan fingerprint density at radius 1 is 1.32 bits per heavy atom. The van der Waals surface area contributed by atoms with Crippen molar-refractivity contribution >= 4 is 39.7 Å². The number of amides is 1. The molecule has 172 valence electrons. The molecule has 13 heteroatoms. The molecule has 34 heavy (non-hydrogen) atoms. The zero-order valence-electron chi connectivity index (χ0n) is 17.9. The smallest absolute Gasteiger partial charge is 0.260 e. The molecule has 4 heterocycles. The molecule has 0 saturated carbocycles. The van der Waals surface area contributed by atoms with E-state index in [4.69, 9.17) is 17.3 Å². The van der Waals surface area contributed by atoms with Gasteiger partial charge in [-0.25, -0.2) is 9.50 Å². The monoisotopic (exact) mass is 478 g/mol. The van der Waals surface area contributed by atoms with Gasteiger partial charge in [-0.2, -0.15) is 5.21 Å². The Morgan fingerprint density at radius 3 is 2.97 bits per heavy atom. The van der Waals surface area contributed by atoms with Gasteiger partial charge in [-0.1, -0.05) is 28.9 Å². The minimum Gasteiger partial charge on any atom is -0.381 e. The molecule has 1 amide bonds. The van der Waals surface area contributed by atoms with E-state index >= 15 is 0 Å². The average Bonchev–Trinajstić information content (AvgIpc) is 3.44. The number of carbonyl (C=O) groups is 1. The Bertz CT molecular complexity index is 1570. The summed E-state index contributed by atoms with van der Waals surface area (Å²) in [5, 5.41) is 22.3. The maximum absolute atomic E-state index is 13.4. The highest BCUT2D eigenvalue weighted by Crippen LogP contribution is 2.24. The number of nitrogen functional groups attached to an aromatic ring is 1. The molecular formula is C21H19ClN10O2. The highest BCUT2D eigenvalue weighted by Gasteiger charge is 2.23. The summed E-state index contributed by atoms with van der Waals surface area (Å²) in [4.78, 5) is 30.8. The largest absolute Gasteiger partial charge is 0.381 e. The van der Waals surface area contributed by atoms with Crippen molar-refractivity contribution in [1.29, 1.82) is 0 Å². The van der Waals surface area contributed by atoms with Crippen molar-refractivity contribution < 1.29 is 4.79 Å². The molecule has 0 saturated heterocycles. The van der Waals surface area contributed by atoms with E-state index in [1.807, 2.05) is 6.07 Å². The molecule has 5 rings (SSSR count). The topological polar surface area (TPSA) is 162 Å². The lowest BCUT2D eigenvalue weighted by Crippen LogP contribution is -2.33. The molecule has 5 aromatic rings. The number of aryl methyl sites for hydroxylation is 1. The molecule has 0 fully saturated rings. The van der Waals surface area contributed by atoms with E-state index in [1.165, 1.54) is 4.52 Å². The van der Waals surface area contributed by atoms with E-state index in [1.54, 1.807) is 48.1 Å². The Balaban J connectivity index is 1.54. The van der Waals surface area contributed by atoms with E-state index in [9.17, 15) is 9.59 Å². The van der Waals surface area contributed by atoms with Crippen molar-refractivity contribution in [1.82, 2.24) is 45.1 Å². The van der Waals surface area contributed by atoms with Crippen LogP contribution in [0.15, 0.2) is 47.5 Å². The van der Waals surface area contributed by atoms with E-state index in [-0.39, 0.29) is 23.5 Å². The summed E-state index contributed by atoms with van der Waals surface area (Å²) in [7, 11) is 0. The summed E-state index contributed by atoms with van der Waals surface area (Å²) in [6.45, 7) is 2.04. The second-order valence-electron chi connectivity index (χ2n) is 7.65. The van der Waals surface area contributed by atoms with Crippen LogP contribution in [0.4, 0.5) is 5.82 Å². The number of aromatic amines is 1. The number of benzene rings is 1. The predicted molar refractivity (Wildman–Crippen MR) is 124 cm³/mol. The lowest BCUT2D eigenvalue weighted by Gasteiger charge is -2.21. The normalized spacial score (nSPS) is 12.3. The molecule has 1 atom stereocenters. The van der Waals surface area contributed by atoms with Gasteiger partial charge in [0.15, 0.2) is 17.3 Å². The van der Waals surface area contributed by atoms with Gasteiger partial charge in [0.2, 0.25) is 0 Å². The van der Waals surface area contributed by atoms with E-state index in [2.05, 4.69) is 36.0 Å². The lowest BCUT2D eigenvalue weighted by atomic mass is 10.1. The minimum atomic E-state index is -0.563. The number of fused-ring (bicyclic) bond motifs is 2. The van der Waals surface area contributed by atoms with Crippen molar-refractivity contribution in [3.05, 3.63) is 75.2 Å². The summed E-state index contributed by atoms with van der Waals surface area (Å²) in [5.74, 6) is 0.0595. The number of hydrogen-bond acceptors (Lipinski definition) is 8. The number of H-pyrrole nitrogens is 1. The second-order valence-corrected chi connectivity index (χ2v) is 8.06. The first-order valence-electron chi connectivity index (χ1n) is 10.4. The van der Waals surface area contributed by atoms with Gasteiger partial charge in [-0.3, -0.25) is 9.59 Å². The van der Waals surface area contributed by atoms with Crippen LogP contribution in [0.3, 0.4) is 0 Å². The molecule has 0 aliphatic heterocycles. The zero-order valence-corrected chi connectivity index (χ0v) is 18.7. The van der Waals surface area contributed by atoms with Crippen molar-refractivity contribution in [2.24, 2.45) is 0 Å². The first-order valence-corrected chi connectivity index (χ1v) is 10.8. The maximum atomic E-state index is 13.4. The van der Waals surface area contributed by atoms with Crippen molar-refractivity contribution in [2.45, 2.75) is 25.9 Å². The number of nitrogens with zero attached hydrogens (tertiary/aromatic N) is 7. The molecule has 1 unspecified atom stereocenters. The second kappa shape index (κ2) is 8.56. The summed E-state index contributed by atoms with van der Waals surface area (Å²) in [6.07, 6.45) is 3.56. The fraction of sp³-hybridized carbons (Fsp3) is 0.190. The molecule has 0 radical (unpaired) electrons. The first-order chi connectivity index (χ1) is 16.4. The molecule has 4 aromatic heterocycles. The van der Waals surface area contributed by atoms with Gasteiger partial charge in [-0.05, 0) is 30.5 Å². The fourth-order valence-corrected chi connectivity index (χ4v) is 4.19. The Labute approximate surface area is 196 Å². The highest BCUT2D eigenvalue weighted by molar-refractivity contribution is 6.35. The molecule has 1 aromatic carbocycles. The van der Waals surface area contributed by atoms with E-state index in [0.29, 0.717) is 39.4 Å². The number of anilines is 1. The standard InChI is InChI=1S/C21H19ClN10O2/c1-11(25-20(33)17-18(23)28-32-8-3-7-24-19(17)32)14-10-12-4-2-5-13(22)16(12)21(34)31(14)9-6-15-26-29-30-27-15/h2-5,7-8,10-11H,6,9H2,1H3,(H2,23,28)(H,25,33)(H,26,27,29,30). The van der Waals surface area contributed by atoms with Gasteiger partial charge < -0.3 is 15.6 Å². The van der Waals surface area contributed by atoms with Gasteiger partial charge >= 0.3 is 0 Å². The fourth-order valence-electron chi connectivity index (χ4n) is 3.93. The summed E-state index contributed by atoms with van der Waals surface area (Å²) < 4.78 is 3.00. The third-order valence-electron chi connectivity index (χ3n) is 5.51. The number of halogens is 1. The number of hydrogen-bond donors (Lipinski definition) is 3. The molecule has 0 aliphatic rings. The SMILES string of the molecule is CC(NC(=O)c1c(N)nn2cccnc12)c1cc2cccc(Cl)c2c(=O)n1CCc1nn[nH]n1. The molecule has 12 nitrogen and oxygen atoms in total. The summed E-state index contributed by atoms with van der Waals surface area (Å²) in [6, 6.07) is 8.20. The average molecular weight is 479 g/mol. The molecule has 0 bridgehead atoms. The lowest BCUT2D eigenvalue weighted by molar-refractivity contribution is 0.0940. The zero-order chi connectivity index (χ0) is 23.8. The van der Waals surface area contributed by atoms with Gasteiger partial charge in [-0.15, -0.1) is 15.3 Å². The molecular weight excluding hydrogens is 460 g/mol. The number of nitrogens with two attached hydrogens (primary N) is 1. The highest BCUT2D eigenvalue weighted by atomic mass is 35.5. The van der Waals surface area contributed by atoms with Gasteiger partial charge in [0.25, 0.3) is 11.5 Å². The van der Waals surface area contributed by atoms with E-state index in [0.717, 1.165) is 0 Å². The molecule has 0 spiro atoms. The number of pyridine rings is 1. The molecule has 4 N–H and O–H groups in total. The van der Waals surface area contributed by atoms with Crippen LogP contribution in [0.5, 0.6) is 0 Å². The van der Waals surface area contributed by atoms with Crippen LogP contribution in [-0.4, -0.2) is 45.7 Å². The summed E-state index contributed by atoms with van der Waals surface area (Å²) in [5.41, 5.74) is 6.80. The first kappa shape index (κ1) is 21.5. The quantitative estimate of drug-likeness (QED) is 0.331. The van der Waals surface area contributed by atoms with Crippen LogP contribution in [0.25, 0.3) is 16.4 Å². The summed E-state index contributed by atoms with van der Waals surface area (Å²) >= 11 is 6.34. The van der Waals surface area contributed by atoms with E-state index < -0.39 is 11.9 Å². The van der Waals surface area contributed by atoms with Crippen molar-refractivity contribution in [3.8, 4) is 0 Å². The van der Waals surface area contributed by atoms with Crippen LogP contribution in [0.1, 0.15) is 34.8 Å². The van der Waals surface area contributed by atoms with Crippen LogP contribution in [0, 0.1) is 0 Å². The third-order valence-corrected chi connectivity index (χ3v) is 5.82. The number of nitrogens with one attached hydrogen (secondary N) is 2. The van der Waals surface area contributed by atoms with Crippen molar-refractivity contribution in [2.75, 3.05) is 5.73 Å². The molecule has 0 aliphatic carbocycles. The van der Waals surface area contributed by atoms with Crippen LogP contribution >= 0.6 is 11.6 Å². The van der Waals surface area contributed by atoms with Crippen LogP contribution in [-0.2, 0) is 13.0 Å². The Morgan fingerprint density at radius 2 is 2.18 bits per heavy atom.